The van der Waals surface area contributed by atoms with Gasteiger partial charge in [-0.15, -0.1) is 11.8 Å². The molecule has 1 heterocycles. The predicted molar refractivity (Wildman–Crippen MR) is 121 cm³/mol. The number of hydrogen-bond donors (Lipinski definition) is 0. The largest absolute Gasteiger partial charge is 0.456 e. The minimum absolute atomic E-state index is 0.0337. The molecule has 1 amide bonds. The first kappa shape index (κ1) is 22.6. The summed E-state index contributed by atoms with van der Waals surface area (Å²) < 4.78 is 43.7. The van der Waals surface area contributed by atoms with E-state index in [9.17, 15) is 18.0 Å². The number of thioether (sulfide) groups is 1. The van der Waals surface area contributed by atoms with Crippen LogP contribution < -0.4 is 9.64 Å². The summed E-state index contributed by atoms with van der Waals surface area (Å²) in [5.74, 6) is 0.463. The maximum absolute atomic E-state index is 13.3. The first-order valence-corrected chi connectivity index (χ1v) is 11.3. The standard InChI is InChI=1S/C24H19ClF3NO2S/c1-23(32-2)18-13-17(31-21-11-8-16(12-19(21)25)24(26,27)28)9-10-20(18)29(22(23)30)14-15-6-4-3-5-7-15/h3-13H,14H2,1-2H3. The molecule has 4 rings (SSSR count). The zero-order chi connectivity index (χ0) is 23.1. The van der Waals surface area contributed by atoms with Crippen molar-refractivity contribution < 1.29 is 22.7 Å². The summed E-state index contributed by atoms with van der Waals surface area (Å²) >= 11 is 7.46. The molecule has 0 N–H and O–H groups in total. The van der Waals surface area contributed by atoms with Gasteiger partial charge in [-0.25, -0.2) is 0 Å². The Labute approximate surface area is 193 Å². The number of fused-ring (bicyclic) bond motifs is 1. The molecule has 3 aromatic rings. The number of rotatable bonds is 5. The van der Waals surface area contributed by atoms with Gasteiger partial charge < -0.3 is 9.64 Å². The molecule has 0 saturated heterocycles. The second-order valence-electron chi connectivity index (χ2n) is 7.54. The number of anilines is 1. The minimum Gasteiger partial charge on any atom is -0.456 e. The molecule has 0 spiro atoms. The molecule has 166 valence electrons. The van der Waals surface area contributed by atoms with Gasteiger partial charge in [0.05, 0.1) is 17.1 Å². The van der Waals surface area contributed by atoms with Crippen molar-refractivity contribution in [3.63, 3.8) is 0 Å². The molecule has 1 atom stereocenters. The number of alkyl halides is 3. The van der Waals surface area contributed by atoms with E-state index >= 15 is 0 Å². The number of nitrogens with zero attached hydrogens (tertiary/aromatic N) is 1. The van der Waals surface area contributed by atoms with E-state index in [1.54, 1.807) is 23.1 Å². The van der Waals surface area contributed by atoms with Crippen LogP contribution in [0.3, 0.4) is 0 Å². The first-order valence-electron chi connectivity index (χ1n) is 9.73. The zero-order valence-electron chi connectivity index (χ0n) is 17.2. The average Bonchev–Trinajstić information content (AvgIpc) is 2.97. The predicted octanol–water partition coefficient (Wildman–Crippen LogP) is 7.28. The Balaban J connectivity index is 1.67. The number of ether oxygens (including phenoxy) is 1. The minimum atomic E-state index is -4.49. The molecule has 1 aliphatic rings. The highest BCUT2D eigenvalue weighted by molar-refractivity contribution is 8.00. The number of hydrogen-bond acceptors (Lipinski definition) is 3. The van der Waals surface area contributed by atoms with Crippen molar-refractivity contribution in [2.75, 3.05) is 11.2 Å². The van der Waals surface area contributed by atoms with Gasteiger partial charge in [0.2, 0.25) is 5.91 Å². The highest BCUT2D eigenvalue weighted by atomic mass is 35.5. The molecule has 0 radical (unpaired) electrons. The van der Waals surface area contributed by atoms with Crippen molar-refractivity contribution in [3.05, 3.63) is 88.4 Å². The highest BCUT2D eigenvalue weighted by Gasteiger charge is 2.47. The fourth-order valence-corrected chi connectivity index (χ4v) is 4.57. The van der Waals surface area contributed by atoms with E-state index in [1.807, 2.05) is 43.5 Å². The van der Waals surface area contributed by atoms with Crippen LogP contribution in [-0.4, -0.2) is 12.2 Å². The Morgan fingerprint density at radius 3 is 2.41 bits per heavy atom. The van der Waals surface area contributed by atoms with E-state index in [0.29, 0.717) is 12.3 Å². The zero-order valence-corrected chi connectivity index (χ0v) is 18.8. The second-order valence-corrected chi connectivity index (χ2v) is 9.17. The number of carbonyl (C=O) groups is 1. The maximum atomic E-state index is 13.3. The topological polar surface area (TPSA) is 29.5 Å². The van der Waals surface area contributed by atoms with Crippen LogP contribution in [0.5, 0.6) is 11.5 Å². The van der Waals surface area contributed by atoms with Crippen molar-refractivity contribution in [1.82, 2.24) is 0 Å². The number of amides is 1. The normalized spacial score (nSPS) is 18.1. The van der Waals surface area contributed by atoms with E-state index < -0.39 is 16.5 Å². The van der Waals surface area contributed by atoms with Crippen molar-refractivity contribution in [2.24, 2.45) is 0 Å². The summed E-state index contributed by atoms with van der Waals surface area (Å²) in [5.41, 5.74) is 1.72. The molecular weight excluding hydrogens is 459 g/mol. The lowest BCUT2D eigenvalue weighted by molar-refractivity contribution is -0.137. The quantitative estimate of drug-likeness (QED) is 0.387. The number of benzene rings is 3. The SMILES string of the molecule is CSC1(C)C(=O)N(Cc2ccccc2)c2ccc(Oc3ccc(C(F)(F)F)cc3Cl)cc21. The van der Waals surface area contributed by atoms with Gasteiger partial charge in [0.25, 0.3) is 0 Å². The summed E-state index contributed by atoms with van der Waals surface area (Å²) in [4.78, 5) is 15.1. The third-order valence-electron chi connectivity index (χ3n) is 5.50. The Hall–Kier alpha value is -2.64. The highest BCUT2D eigenvalue weighted by Crippen LogP contribution is 2.50. The molecule has 8 heteroatoms. The maximum Gasteiger partial charge on any atom is 0.416 e. The summed E-state index contributed by atoms with van der Waals surface area (Å²) in [7, 11) is 0. The van der Waals surface area contributed by atoms with Crippen LogP contribution in [0.2, 0.25) is 5.02 Å². The van der Waals surface area contributed by atoms with Crippen LogP contribution in [0.15, 0.2) is 66.7 Å². The summed E-state index contributed by atoms with van der Waals surface area (Å²) in [6.07, 6.45) is -2.62. The Morgan fingerprint density at radius 2 is 1.78 bits per heavy atom. The lowest BCUT2D eigenvalue weighted by atomic mass is 10.0. The van der Waals surface area contributed by atoms with Crippen LogP contribution in [0.4, 0.5) is 18.9 Å². The van der Waals surface area contributed by atoms with Gasteiger partial charge in [-0.1, -0.05) is 41.9 Å². The molecule has 32 heavy (non-hydrogen) atoms. The molecule has 3 aromatic carbocycles. The first-order chi connectivity index (χ1) is 15.1. The molecular formula is C24H19ClF3NO2S. The Morgan fingerprint density at radius 1 is 1.06 bits per heavy atom. The second kappa shape index (κ2) is 8.37. The van der Waals surface area contributed by atoms with E-state index in [2.05, 4.69) is 0 Å². The van der Waals surface area contributed by atoms with Crippen LogP contribution in [0.1, 0.15) is 23.6 Å². The summed E-state index contributed by atoms with van der Waals surface area (Å²) in [5, 5.41) is -0.144. The third-order valence-corrected chi connectivity index (χ3v) is 7.01. The lowest BCUT2D eigenvalue weighted by Crippen LogP contribution is -2.35. The smallest absolute Gasteiger partial charge is 0.416 e. The summed E-state index contributed by atoms with van der Waals surface area (Å²) in [6, 6.07) is 17.9. The van der Waals surface area contributed by atoms with E-state index in [1.165, 1.54) is 17.8 Å². The third kappa shape index (κ3) is 4.07. The number of halogens is 4. The van der Waals surface area contributed by atoms with Crippen LogP contribution >= 0.6 is 23.4 Å². The van der Waals surface area contributed by atoms with E-state index in [0.717, 1.165) is 28.9 Å². The van der Waals surface area contributed by atoms with E-state index in [4.69, 9.17) is 16.3 Å². The van der Waals surface area contributed by atoms with Crippen molar-refractivity contribution in [3.8, 4) is 11.5 Å². The van der Waals surface area contributed by atoms with Crippen LogP contribution in [-0.2, 0) is 22.3 Å². The Kier molecular flexibility index (Phi) is 5.90. The lowest BCUT2D eigenvalue weighted by Gasteiger charge is -2.22. The van der Waals surface area contributed by atoms with Crippen molar-refractivity contribution in [1.29, 1.82) is 0 Å². The molecule has 3 nitrogen and oxygen atoms in total. The van der Waals surface area contributed by atoms with Gasteiger partial charge in [0.15, 0.2) is 0 Å². The van der Waals surface area contributed by atoms with Gasteiger partial charge >= 0.3 is 6.18 Å². The molecule has 1 unspecified atom stereocenters. The Bertz CT molecular complexity index is 1170. The fourth-order valence-electron chi connectivity index (χ4n) is 3.69. The van der Waals surface area contributed by atoms with Gasteiger partial charge in [0.1, 0.15) is 16.2 Å². The van der Waals surface area contributed by atoms with Gasteiger partial charge in [0, 0.05) is 11.3 Å². The van der Waals surface area contributed by atoms with Crippen LogP contribution in [0.25, 0.3) is 0 Å². The van der Waals surface area contributed by atoms with Crippen molar-refractivity contribution >= 4 is 35.0 Å². The molecule has 0 aliphatic carbocycles. The molecule has 0 fully saturated rings. The summed E-state index contributed by atoms with van der Waals surface area (Å²) in [6.45, 7) is 2.30. The van der Waals surface area contributed by atoms with Gasteiger partial charge in [-0.3, -0.25) is 4.79 Å². The van der Waals surface area contributed by atoms with E-state index in [-0.39, 0.29) is 16.7 Å². The molecule has 0 saturated carbocycles. The average molecular weight is 478 g/mol. The molecule has 1 aliphatic heterocycles. The monoisotopic (exact) mass is 477 g/mol. The number of carbonyl (C=O) groups excluding carboxylic acids is 1. The van der Waals surface area contributed by atoms with Crippen molar-refractivity contribution in [2.45, 2.75) is 24.4 Å². The van der Waals surface area contributed by atoms with Gasteiger partial charge in [-0.2, -0.15) is 13.2 Å². The fraction of sp³-hybridized carbons (Fsp3) is 0.208. The van der Waals surface area contributed by atoms with Gasteiger partial charge in [-0.05, 0) is 55.1 Å². The molecule has 0 bridgehead atoms. The van der Waals surface area contributed by atoms with Crippen LogP contribution in [0, 0.1) is 0 Å². The molecule has 0 aromatic heterocycles.